The van der Waals surface area contributed by atoms with Gasteiger partial charge in [0.2, 0.25) is 5.91 Å². The lowest BCUT2D eigenvalue weighted by molar-refractivity contribution is -0.387. The fraction of sp³-hybridized carbons (Fsp3) is 0.485. The fourth-order valence-electron chi connectivity index (χ4n) is 6.05. The first-order valence-corrected chi connectivity index (χ1v) is 17.4. The maximum absolute atomic E-state index is 13.9. The van der Waals surface area contributed by atoms with Gasteiger partial charge in [-0.05, 0) is 96.6 Å². The summed E-state index contributed by atoms with van der Waals surface area (Å²) in [6.45, 7) is 10.5. The number of piperidine rings is 1. The topological polar surface area (TPSA) is 159 Å². The highest BCUT2D eigenvalue weighted by molar-refractivity contribution is 7.89. The maximum atomic E-state index is 13.9. The van der Waals surface area contributed by atoms with Crippen molar-refractivity contribution in [3.05, 3.63) is 64.2 Å². The number of hydrogen-bond acceptors (Lipinski definition) is 10. The van der Waals surface area contributed by atoms with Gasteiger partial charge in [0.25, 0.3) is 15.7 Å². The van der Waals surface area contributed by atoms with Gasteiger partial charge in [0.05, 0.1) is 17.0 Å². The molecule has 0 saturated carbocycles. The van der Waals surface area contributed by atoms with Gasteiger partial charge in [-0.25, -0.2) is 18.2 Å². The minimum absolute atomic E-state index is 0.326. The van der Waals surface area contributed by atoms with Crippen molar-refractivity contribution in [2.45, 2.75) is 57.1 Å². The Morgan fingerprint density at radius 1 is 1.04 bits per heavy atom. The van der Waals surface area contributed by atoms with Gasteiger partial charge in [0, 0.05) is 49.4 Å². The Morgan fingerprint density at radius 3 is 2.35 bits per heavy atom. The van der Waals surface area contributed by atoms with Gasteiger partial charge in [-0.2, -0.15) is 4.31 Å². The summed E-state index contributed by atoms with van der Waals surface area (Å²) in [6, 6.07) is 12.0. The van der Waals surface area contributed by atoms with Gasteiger partial charge < -0.3 is 24.8 Å². The fourth-order valence-corrected chi connectivity index (χ4v) is 7.85. The third-order valence-electron chi connectivity index (χ3n) is 8.58. The Morgan fingerprint density at radius 2 is 1.71 bits per heavy atom. The van der Waals surface area contributed by atoms with E-state index in [2.05, 4.69) is 15.1 Å². The lowest BCUT2D eigenvalue weighted by Crippen LogP contribution is -2.50. The van der Waals surface area contributed by atoms with Crippen LogP contribution >= 0.6 is 0 Å². The van der Waals surface area contributed by atoms with Gasteiger partial charge in [0.15, 0.2) is 4.90 Å². The minimum atomic E-state index is -4.39. The molecule has 1 aromatic heterocycles. The molecule has 2 aliphatic heterocycles. The van der Waals surface area contributed by atoms with Crippen molar-refractivity contribution in [2.75, 3.05) is 63.1 Å². The third-order valence-corrected chi connectivity index (χ3v) is 10.5. The van der Waals surface area contributed by atoms with Crippen LogP contribution in [0.2, 0.25) is 0 Å². The number of nitrogens with zero attached hydrogens (tertiary/aromatic N) is 6. The standard InChI is InChI=1S/C33H43N7O7S/c1-23-20-30(37-16-18-38(19-17-37)32(42)47-33(2,3)4)35-27-11-10-24(21-26(23)27)34-31(41)22-39(25-12-14-36(5)15-13-25)48(45,46)29-9-7-6-8-28(29)40(43)44/h6-11,20-21,25H,12-19,22H2,1-5H3,(H,34,41). The van der Waals surface area contributed by atoms with Crippen LogP contribution in [0, 0.1) is 17.0 Å². The molecule has 0 atom stereocenters. The van der Waals surface area contributed by atoms with Crippen molar-refractivity contribution in [1.82, 2.24) is 19.1 Å². The second-order valence-corrected chi connectivity index (χ2v) is 15.2. The summed E-state index contributed by atoms with van der Waals surface area (Å²) >= 11 is 0. The molecule has 5 rings (SSSR count). The predicted octanol–water partition coefficient (Wildman–Crippen LogP) is 4.23. The molecule has 2 amide bonds. The van der Waals surface area contributed by atoms with Crippen LogP contribution in [-0.2, 0) is 19.6 Å². The van der Waals surface area contributed by atoms with Crippen LogP contribution in [0.15, 0.2) is 53.4 Å². The summed E-state index contributed by atoms with van der Waals surface area (Å²) in [4.78, 5) is 47.2. The first-order chi connectivity index (χ1) is 22.6. The Balaban J connectivity index is 1.31. The Hall–Kier alpha value is -4.34. The highest BCUT2D eigenvalue weighted by Crippen LogP contribution is 2.31. The van der Waals surface area contributed by atoms with Gasteiger partial charge in [0.1, 0.15) is 11.4 Å². The first kappa shape index (κ1) is 35.0. The number of aryl methyl sites for hydroxylation is 1. The largest absolute Gasteiger partial charge is 0.444 e. The quantitative estimate of drug-likeness (QED) is 0.269. The van der Waals surface area contributed by atoms with Crippen LogP contribution in [0.3, 0.4) is 0 Å². The second kappa shape index (κ2) is 14.0. The molecule has 48 heavy (non-hydrogen) atoms. The summed E-state index contributed by atoms with van der Waals surface area (Å²) in [5, 5.41) is 15.4. The number of piperazine rings is 1. The molecule has 14 nitrogen and oxygen atoms in total. The number of para-hydroxylation sites is 1. The normalized spacial score (nSPS) is 16.7. The molecule has 3 heterocycles. The summed E-state index contributed by atoms with van der Waals surface area (Å²) < 4.78 is 34.4. The van der Waals surface area contributed by atoms with Gasteiger partial charge in [-0.15, -0.1) is 0 Å². The zero-order chi connectivity index (χ0) is 34.8. The number of hydrogen-bond donors (Lipinski definition) is 1. The van der Waals surface area contributed by atoms with Crippen molar-refractivity contribution in [3.8, 4) is 0 Å². The summed E-state index contributed by atoms with van der Waals surface area (Å²) in [6.07, 6.45) is 0.652. The lowest BCUT2D eigenvalue weighted by atomic mass is 10.1. The van der Waals surface area contributed by atoms with E-state index in [1.165, 1.54) is 18.2 Å². The molecule has 0 bridgehead atoms. The number of amides is 2. The predicted molar refractivity (Wildman–Crippen MR) is 183 cm³/mol. The molecule has 0 aliphatic carbocycles. The van der Waals surface area contributed by atoms with Crippen LogP contribution in [-0.4, -0.2) is 109 Å². The number of rotatable bonds is 8. The van der Waals surface area contributed by atoms with Gasteiger partial charge in [-0.3, -0.25) is 14.9 Å². The maximum Gasteiger partial charge on any atom is 0.410 e. The number of aromatic nitrogens is 1. The molecule has 15 heteroatoms. The van der Waals surface area contributed by atoms with E-state index < -0.39 is 49.6 Å². The molecule has 258 valence electrons. The molecule has 0 spiro atoms. The number of nitro groups is 1. The number of likely N-dealkylation sites (tertiary alicyclic amines) is 1. The number of benzene rings is 2. The van der Waals surface area contributed by atoms with Crippen LogP contribution in [0.4, 0.5) is 22.0 Å². The molecular formula is C33H43N7O7S. The van der Waals surface area contributed by atoms with Crippen LogP contribution in [0.1, 0.15) is 39.2 Å². The average Bonchev–Trinajstić information content (AvgIpc) is 3.03. The molecule has 1 N–H and O–H groups in total. The van der Waals surface area contributed by atoms with Crippen LogP contribution in [0.5, 0.6) is 0 Å². The summed E-state index contributed by atoms with van der Waals surface area (Å²) in [7, 11) is -2.45. The van der Waals surface area contributed by atoms with E-state index in [1.54, 1.807) is 23.1 Å². The van der Waals surface area contributed by atoms with Gasteiger partial charge >= 0.3 is 6.09 Å². The molecule has 2 saturated heterocycles. The SMILES string of the molecule is Cc1cc(N2CCN(C(=O)OC(C)(C)C)CC2)nc2ccc(NC(=O)CN(C3CCN(C)CC3)S(=O)(=O)c3ccccc3[N+](=O)[O-])cc12. The van der Waals surface area contributed by atoms with Gasteiger partial charge in [-0.1, -0.05) is 12.1 Å². The smallest absolute Gasteiger partial charge is 0.410 e. The van der Waals surface area contributed by atoms with E-state index >= 15 is 0 Å². The van der Waals surface area contributed by atoms with Crippen LogP contribution < -0.4 is 10.2 Å². The van der Waals surface area contributed by atoms with E-state index in [9.17, 15) is 28.1 Å². The average molecular weight is 682 g/mol. The zero-order valence-electron chi connectivity index (χ0n) is 28.0. The number of anilines is 2. The summed E-state index contributed by atoms with van der Waals surface area (Å²) in [5.41, 5.74) is 1.05. The van der Waals surface area contributed by atoms with E-state index in [0.29, 0.717) is 57.8 Å². The van der Waals surface area contributed by atoms with Crippen LogP contribution in [0.25, 0.3) is 10.9 Å². The lowest BCUT2D eigenvalue weighted by Gasteiger charge is -2.36. The van der Waals surface area contributed by atoms with Crippen molar-refractivity contribution in [1.29, 1.82) is 0 Å². The van der Waals surface area contributed by atoms with Crippen molar-refractivity contribution < 1.29 is 27.7 Å². The van der Waals surface area contributed by atoms with Crippen molar-refractivity contribution in [3.63, 3.8) is 0 Å². The van der Waals surface area contributed by atoms with Crippen molar-refractivity contribution in [2.24, 2.45) is 0 Å². The molecule has 3 aromatic rings. The number of nitro benzene ring substituents is 1. The number of pyridine rings is 1. The van der Waals surface area contributed by atoms with Crippen molar-refractivity contribution >= 4 is 50.1 Å². The number of carbonyl (C=O) groups is 2. The third kappa shape index (κ3) is 8.02. The number of ether oxygens (including phenoxy) is 1. The molecule has 2 aromatic carbocycles. The van der Waals surface area contributed by atoms with E-state index in [-0.39, 0.29) is 6.09 Å². The summed E-state index contributed by atoms with van der Waals surface area (Å²) in [5.74, 6) is 0.232. The molecular weight excluding hydrogens is 638 g/mol. The molecule has 2 fully saturated rings. The zero-order valence-corrected chi connectivity index (χ0v) is 28.8. The monoisotopic (exact) mass is 681 g/mol. The van der Waals surface area contributed by atoms with E-state index in [0.717, 1.165) is 32.7 Å². The Kier molecular flexibility index (Phi) is 10.2. The Labute approximate surface area is 280 Å². The number of fused-ring (bicyclic) bond motifs is 1. The van der Waals surface area contributed by atoms with E-state index in [1.807, 2.05) is 40.8 Å². The number of carbonyl (C=O) groups excluding carboxylic acids is 2. The Bertz CT molecular complexity index is 1800. The number of nitrogens with one attached hydrogen (secondary N) is 1. The molecule has 0 unspecified atom stereocenters. The number of sulfonamides is 1. The first-order valence-electron chi connectivity index (χ1n) is 16.0. The molecule has 0 radical (unpaired) electrons. The van der Waals surface area contributed by atoms with E-state index in [4.69, 9.17) is 9.72 Å². The highest BCUT2D eigenvalue weighted by Gasteiger charge is 2.38. The molecule has 2 aliphatic rings. The minimum Gasteiger partial charge on any atom is -0.444 e. The second-order valence-electron chi connectivity index (χ2n) is 13.3. The highest BCUT2D eigenvalue weighted by atomic mass is 32.2.